The van der Waals surface area contributed by atoms with Crippen molar-refractivity contribution >= 4 is 29.3 Å². The fourth-order valence-electron chi connectivity index (χ4n) is 0.936. The van der Waals surface area contributed by atoms with Crippen LogP contribution in [0.3, 0.4) is 0 Å². The standard InChI is InChI=1S/C10H6Cl2FN/c11-8-5-7(3-1-2-4-14)10(12)9(13)6-8/h1,3,5-6H,2H2. The van der Waals surface area contributed by atoms with Crippen molar-refractivity contribution in [3.8, 4) is 6.07 Å². The number of rotatable bonds is 2. The van der Waals surface area contributed by atoms with Crippen molar-refractivity contribution in [2.24, 2.45) is 0 Å². The van der Waals surface area contributed by atoms with Gasteiger partial charge in [-0.3, -0.25) is 0 Å². The summed E-state index contributed by atoms with van der Waals surface area (Å²) in [6.07, 6.45) is 3.42. The van der Waals surface area contributed by atoms with E-state index in [-0.39, 0.29) is 16.5 Å². The van der Waals surface area contributed by atoms with E-state index in [1.807, 2.05) is 6.07 Å². The van der Waals surface area contributed by atoms with E-state index in [0.717, 1.165) is 6.07 Å². The predicted molar refractivity (Wildman–Crippen MR) is 55.7 cm³/mol. The number of hydrogen-bond acceptors (Lipinski definition) is 1. The van der Waals surface area contributed by atoms with Gasteiger partial charge in [-0.1, -0.05) is 35.4 Å². The molecule has 0 heterocycles. The van der Waals surface area contributed by atoms with Crippen LogP contribution < -0.4 is 0 Å². The lowest BCUT2D eigenvalue weighted by Gasteiger charge is -2.00. The van der Waals surface area contributed by atoms with Gasteiger partial charge >= 0.3 is 0 Å². The zero-order chi connectivity index (χ0) is 10.6. The molecule has 0 aromatic heterocycles. The van der Waals surface area contributed by atoms with Gasteiger partial charge in [0.05, 0.1) is 17.5 Å². The van der Waals surface area contributed by atoms with E-state index in [0.29, 0.717) is 5.56 Å². The minimum Gasteiger partial charge on any atom is -0.205 e. The average molecular weight is 230 g/mol. The first kappa shape index (κ1) is 11.0. The summed E-state index contributed by atoms with van der Waals surface area (Å²) in [4.78, 5) is 0. The van der Waals surface area contributed by atoms with E-state index in [9.17, 15) is 4.39 Å². The van der Waals surface area contributed by atoms with Crippen LogP contribution in [0.15, 0.2) is 18.2 Å². The molecule has 0 atom stereocenters. The van der Waals surface area contributed by atoms with Crippen molar-refractivity contribution in [1.29, 1.82) is 5.26 Å². The van der Waals surface area contributed by atoms with Crippen LogP contribution in [0.4, 0.5) is 4.39 Å². The zero-order valence-electron chi connectivity index (χ0n) is 7.10. The largest absolute Gasteiger partial charge is 0.205 e. The molecule has 72 valence electrons. The first-order valence-corrected chi connectivity index (χ1v) is 4.58. The molecule has 14 heavy (non-hydrogen) atoms. The van der Waals surface area contributed by atoms with Crippen LogP contribution in [-0.2, 0) is 0 Å². The lowest BCUT2D eigenvalue weighted by Crippen LogP contribution is -1.82. The predicted octanol–water partition coefficient (Wildman–Crippen LogP) is 4.06. The Morgan fingerprint density at radius 3 is 2.79 bits per heavy atom. The molecule has 0 N–H and O–H groups in total. The van der Waals surface area contributed by atoms with Crippen molar-refractivity contribution in [1.82, 2.24) is 0 Å². The molecule has 0 aliphatic carbocycles. The van der Waals surface area contributed by atoms with E-state index in [1.165, 1.54) is 0 Å². The summed E-state index contributed by atoms with van der Waals surface area (Å²) in [6, 6.07) is 4.62. The quantitative estimate of drug-likeness (QED) is 0.702. The Balaban J connectivity index is 3.03. The van der Waals surface area contributed by atoms with Crippen LogP contribution in [0.2, 0.25) is 10.0 Å². The smallest absolute Gasteiger partial charge is 0.143 e. The third kappa shape index (κ3) is 2.73. The first-order chi connectivity index (χ1) is 6.65. The van der Waals surface area contributed by atoms with E-state index < -0.39 is 5.82 Å². The zero-order valence-corrected chi connectivity index (χ0v) is 8.61. The normalized spacial score (nSPS) is 10.4. The molecule has 0 fully saturated rings. The summed E-state index contributed by atoms with van der Waals surface area (Å²) in [7, 11) is 0. The highest BCUT2D eigenvalue weighted by Gasteiger charge is 2.05. The highest BCUT2D eigenvalue weighted by Crippen LogP contribution is 2.25. The Morgan fingerprint density at radius 2 is 2.14 bits per heavy atom. The summed E-state index contributed by atoms with van der Waals surface area (Å²) in [6.45, 7) is 0. The van der Waals surface area contributed by atoms with Gasteiger partial charge in [0.15, 0.2) is 0 Å². The second-order valence-corrected chi connectivity index (χ2v) is 3.37. The van der Waals surface area contributed by atoms with Gasteiger partial charge in [0.2, 0.25) is 0 Å². The molecule has 0 bridgehead atoms. The molecule has 4 heteroatoms. The molecular formula is C10H6Cl2FN. The van der Waals surface area contributed by atoms with Gasteiger partial charge in [-0.15, -0.1) is 0 Å². The number of nitriles is 1. The molecule has 1 rings (SSSR count). The van der Waals surface area contributed by atoms with Crippen molar-refractivity contribution < 1.29 is 4.39 Å². The third-order valence-electron chi connectivity index (χ3n) is 1.53. The number of benzene rings is 1. The van der Waals surface area contributed by atoms with E-state index in [1.54, 1.807) is 18.2 Å². The Labute approximate surface area is 91.4 Å². The molecule has 0 saturated heterocycles. The maximum atomic E-state index is 13.0. The molecule has 0 unspecified atom stereocenters. The van der Waals surface area contributed by atoms with Gasteiger partial charge in [-0.2, -0.15) is 5.26 Å². The average Bonchev–Trinajstić information content (AvgIpc) is 2.13. The van der Waals surface area contributed by atoms with Crippen molar-refractivity contribution in [3.63, 3.8) is 0 Å². The summed E-state index contributed by atoms with van der Waals surface area (Å²) >= 11 is 11.3. The Hall–Kier alpha value is -1.04. The number of nitrogens with zero attached hydrogens (tertiary/aromatic N) is 1. The second kappa shape index (κ2) is 4.99. The van der Waals surface area contributed by atoms with Crippen molar-refractivity contribution in [2.75, 3.05) is 0 Å². The molecule has 0 aliphatic rings. The van der Waals surface area contributed by atoms with E-state index in [2.05, 4.69) is 0 Å². The lowest BCUT2D eigenvalue weighted by atomic mass is 10.2. The van der Waals surface area contributed by atoms with E-state index in [4.69, 9.17) is 28.5 Å². The minimum atomic E-state index is -0.559. The minimum absolute atomic E-state index is 0.0172. The van der Waals surface area contributed by atoms with Crippen molar-refractivity contribution in [3.05, 3.63) is 39.6 Å². The maximum Gasteiger partial charge on any atom is 0.143 e. The molecule has 0 amide bonds. The van der Waals surface area contributed by atoms with Gasteiger partial charge in [-0.25, -0.2) is 4.39 Å². The van der Waals surface area contributed by atoms with Crippen LogP contribution >= 0.6 is 23.2 Å². The maximum absolute atomic E-state index is 13.0. The topological polar surface area (TPSA) is 23.8 Å². The highest BCUT2D eigenvalue weighted by molar-refractivity contribution is 6.34. The molecule has 1 nitrogen and oxygen atoms in total. The second-order valence-electron chi connectivity index (χ2n) is 2.56. The SMILES string of the molecule is N#CCC=Cc1cc(Cl)cc(F)c1Cl. The van der Waals surface area contributed by atoms with Gasteiger partial charge in [-0.05, 0) is 17.7 Å². The van der Waals surface area contributed by atoms with Gasteiger partial charge in [0.25, 0.3) is 0 Å². The Bertz CT molecular complexity index is 407. The lowest BCUT2D eigenvalue weighted by molar-refractivity contribution is 0.628. The van der Waals surface area contributed by atoms with Crippen LogP contribution in [0.1, 0.15) is 12.0 Å². The van der Waals surface area contributed by atoms with Crippen LogP contribution in [0, 0.1) is 17.1 Å². The van der Waals surface area contributed by atoms with Crippen LogP contribution in [0.5, 0.6) is 0 Å². The fraction of sp³-hybridized carbons (Fsp3) is 0.100. The number of hydrogen-bond donors (Lipinski definition) is 0. The Kier molecular flexibility index (Phi) is 3.94. The number of allylic oxidation sites excluding steroid dienone is 1. The first-order valence-electron chi connectivity index (χ1n) is 3.83. The molecule has 0 aliphatic heterocycles. The monoisotopic (exact) mass is 229 g/mol. The van der Waals surface area contributed by atoms with Crippen molar-refractivity contribution in [2.45, 2.75) is 6.42 Å². The summed E-state index contributed by atoms with van der Waals surface area (Å²) in [5.41, 5.74) is 0.479. The number of halogens is 3. The van der Waals surface area contributed by atoms with Gasteiger partial charge in [0, 0.05) is 5.02 Å². The molecule has 0 radical (unpaired) electrons. The van der Waals surface area contributed by atoms with Crippen LogP contribution in [0.25, 0.3) is 6.08 Å². The molecule has 0 saturated carbocycles. The fourth-order valence-corrected chi connectivity index (χ4v) is 1.32. The van der Waals surface area contributed by atoms with Crippen LogP contribution in [-0.4, -0.2) is 0 Å². The molecular weight excluding hydrogens is 224 g/mol. The molecule has 1 aromatic rings. The van der Waals surface area contributed by atoms with Gasteiger partial charge < -0.3 is 0 Å². The summed E-state index contributed by atoms with van der Waals surface area (Å²) in [5, 5.41) is 8.59. The Morgan fingerprint density at radius 1 is 1.43 bits per heavy atom. The highest BCUT2D eigenvalue weighted by atomic mass is 35.5. The summed E-state index contributed by atoms with van der Waals surface area (Å²) < 4.78 is 13.0. The van der Waals surface area contributed by atoms with Gasteiger partial charge in [0.1, 0.15) is 5.82 Å². The van der Waals surface area contributed by atoms with E-state index >= 15 is 0 Å². The third-order valence-corrected chi connectivity index (χ3v) is 2.14. The molecule has 0 spiro atoms. The summed E-state index contributed by atoms with van der Waals surface area (Å²) in [5.74, 6) is -0.559. The molecule has 1 aromatic carbocycles.